The lowest BCUT2D eigenvalue weighted by molar-refractivity contribution is 0.778. The number of para-hydroxylation sites is 1. The van der Waals surface area contributed by atoms with Crippen LogP contribution in [0.3, 0.4) is 0 Å². The van der Waals surface area contributed by atoms with E-state index in [1.807, 2.05) is 37.3 Å². The number of hydrogen-bond acceptors (Lipinski definition) is 3. The number of pyridine rings is 1. The molecule has 1 atom stereocenters. The molecule has 0 radical (unpaired) electrons. The van der Waals surface area contributed by atoms with Gasteiger partial charge in [-0.15, -0.1) is 0 Å². The molecule has 0 aliphatic carbocycles. The third kappa shape index (κ3) is 2.43. The van der Waals surface area contributed by atoms with Gasteiger partial charge in [0, 0.05) is 18.0 Å². The van der Waals surface area contributed by atoms with Crippen molar-refractivity contribution in [1.82, 2.24) is 4.98 Å². The molecule has 0 saturated carbocycles. The van der Waals surface area contributed by atoms with Gasteiger partial charge in [-0.3, -0.25) is 0 Å². The van der Waals surface area contributed by atoms with Crippen LogP contribution in [0.2, 0.25) is 5.02 Å². The lowest BCUT2D eigenvalue weighted by atomic mass is 10.2. The molecular formula is C12H14ClN3. The lowest BCUT2D eigenvalue weighted by Gasteiger charge is -2.09. The first-order chi connectivity index (χ1) is 7.66. The Morgan fingerprint density at radius 1 is 1.38 bits per heavy atom. The van der Waals surface area contributed by atoms with Crippen molar-refractivity contribution < 1.29 is 0 Å². The summed E-state index contributed by atoms with van der Waals surface area (Å²) in [5.41, 5.74) is 6.48. The molecule has 3 nitrogen and oxygen atoms in total. The number of rotatable bonds is 3. The van der Waals surface area contributed by atoms with Crippen molar-refractivity contribution in [3.8, 4) is 0 Å². The second-order valence-electron chi connectivity index (χ2n) is 3.87. The highest BCUT2D eigenvalue weighted by Crippen LogP contribution is 2.22. The van der Waals surface area contributed by atoms with E-state index in [0.717, 1.165) is 16.7 Å². The van der Waals surface area contributed by atoms with Crippen molar-refractivity contribution in [2.45, 2.75) is 13.0 Å². The molecular weight excluding hydrogens is 222 g/mol. The highest BCUT2D eigenvalue weighted by molar-refractivity contribution is 6.35. The van der Waals surface area contributed by atoms with Gasteiger partial charge in [-0.25, -0.2) is 4.98 Å². The maximum Gasteiger partial charge on any atom is 0.126 e. The SMILES string of the molecule is CC(N)CNc1ccc2cccc(Cl)c2n1. The van der Waals surface area contributed by atoms with E-state index in [2.05, 4.69) is 10.3 Å². The van der Waals surface area contributed by atoms with Crippen LogP contribution in [0.5, 0.6) is 0 Å². The van der Waals surface area contributed by atoms with Crippen molar-refractivity contribution in [1.29, 1.82) is 0 Å². The predicted octanol–water partition coefficient (Wildman–Crippen LogP) is 2.65. The summed E-state index contributed by atoms with van der Waals surface area (Å²) in [5.74, 6) is 0.804. The number of hydrogen-bond donors (Lipinski definition) is 2. The third-order valence-electron chi connectivity index (χ3n) is 2.28. The molecule has 4 heteroatoms. The summed E-state index contributed by atoms with van der Waals surface area (Å²) in [6.45, 7) is 2.64. The van der Waals surface area contributed by atoms with Crippen molar-refractivity contribution >= 4 is 28.3 Å². The molecule has 16 heavy (non-hydrogen) atoms. The fourth-order valence-corrected chi connectivity index (χ4v) is 1.70. The smallest absolute Gasteiger partial charge is 0.126 e. The fraction of sp³-hybridized carbons (Fsp3) is 0.250. The van der Waals surface area contributed by atoms with Gasteiger partial charge < -0.3 is 11.1 Å². The number of halogens is 1. The van der Waals surface area contributed by atoms with Crippen molar-refractivity contribution in [2.75, 3.05) is 11.9 Å². The molecule has 0 aliphatic rings. The topological polar surface area (TPSA) is 50.9 Å². The van der Waals surface area contributed by atoms with Crippen molar-refractivity contribution in [2.24, 2.45) is 5.73 Å². The molecule has 1 unspecified atom stereocenters. The van der Waals surface area contributed by atoms with Gasteiger partial charge in [0.2, 0.25) is 0 Å². The van der Waals surface area contributed by atoms with Gasteiger partial charge in [0.15, 0.2) is 0 Å². The van der Waals surface area contributed by atoms with E-state index >= 15 is 0 Å². The number of nitrogens with zero attached hydrogens (tertiary/aromatic N) is 1. The van der Waals surface area contributed by atoms with Gasteiger partial charge in [0.05, 0.1) is 10.5 Å². The van der Waals surface area contributed by atoms with Crippen LogP contribution in [-0.4, -0.2) is 17.6 Å². The van der Waals surface area contributed by atoms with Gasteiger partial charge in [-0.2, -0.15) is 0 Å². The Bertz CT molecular complexity index is 497. The molecule has 0 fully saturated rings. The van der Waals surface area contributed by atoms with Crippen molar-refractivity contribution in [3.63, 3.8) is 0 Å². The van der Waals surface area contributed by atoms with E-state index in [4.69, 9.17) is 17.3 Å². The van der Waals surface area contributed by atoms with E-state index in [9.17, 15) is 0 Å². The Balaban J connectivity index is 2.32. The summed E-state index contributed by atoms with van der Waals surface area (Å²) in [6, 6.07) is 9.78. The van der Waals surface area contributed by atoms with Crippen LogP contribution in [0.1, 0.15) is 6.92 Å². The van der Waals surface area contributed by atoms with Crippen LogP contribution in [0.4, 0.5) is 5.82 Å². The predicted molar refractivity (Wildman–Crippen MR) is 68.9 cm³/mol. The van der Waals surface area contributed by atoms with E-state index in [-0.39, 0.29) is 6.04 Å². The number of nitrogens with two attached hydrogens (primary N) is 1. The minimum Gasteiger partial charge on any atom is -0.369 e. The Hall–Kier alpha value is -1.32. The summed E-state index contributed by atoms with van der Waals surface area (Å²) in [6.07, 6.45) is 0. The van der Waals surface area contributed by atoms with Gasteiger partial charge in [0.1, 0.15) is 5.82 Å². The normalized spacial score (nSPS) is 12.7. The average Bonchev–Trinajstić information content (AvgIpc) is 2.27. The maximum atomic E-state index is 6.08. The first kappa shape index (κ1) is 11.2. The quantitative estimate of drug-likeness (QED) is 0.860. The highest BCUT2D eigenvalue weighted by atomic mass is 35.5. The number of fused-ring (bicyclic) bond motifs is 1. The molecule has 3 N–H and O–H groups in total. The van der Waals surface area contributed by atoms with Crippen LogP contribution >= 0.6 is 11.6 Å². The zero-order chi connectivity index (χ0) is 11.5. The van der Waals surface area contributed by atoms with Crippen LogP contribution in [-0.2, 0) is 0 Å². The zero-order valence-corrected chi connectivity index (χ0v) is 9.83. The third-order valence-corrected chi connectivity index (χ3v) is 2.58. The Morgan fingerprint density at radius 3 is 2.94 bits per heavy atom. The Kier molecular flexibility index (Phi) is 3.27. The molecule has 0 spiro atoms. The second-order valence-corrected chi connectivity index (χ2v) is 4.27. The number of anilines is 1. The number of nitrogens with one attached hydrogen (secondary N) is 1. The summed E-state index contributed by atoms with van der Waals surface area (Å²) in [4.78, 5) is 4.45. The molecule has 84 valence electrons. The molecule has 0 aliphatic heterocycles. The van der Waals surface area contributed by atoms with E-state index < -0.39 is 0 Å². The average molecular weight is 236 g/mol. The summed E-state index contributed by atoms with van der Waals surface area (Å²) in [5, 5.41) is 4.88. The van der Waals surface area contributed by atoms with Crippen LogP contribution in [0, 0.1) is 0 Å². The molecule has 1 aromatic heterocycles. The first-order valence-electron chi connectivity index (χ1n) is 5.21. The van der Waals surface area contributed by atoms with Crippen LogP contribution in [0.15, 0.2) is 30.3 Å². The molecule has 0 bridgehead atoms. The second kappa shape index (κ2) is 4.68. The van der Waals surface area contributed by atoms with Crippen LogP contribution < -0.4 is 11.1 Å². The first-order valence-corrected chi connectivity index (χ1v) is 5.59. The largest absolute Gasteiger partial charge is 0.369 e. The lowest BCUT2D eigenvalue weighted by Crippen LogP contribution is -2.25. The number of benzene rings is 1. The van der Waals surface area contributed by atoms with E-state index in [1.165, 1.54) is 0 Å². The van der Waals surface area contributed by atoms with Crippen molar-refractivity contribution in [3.05, 3.63) is 35.4 Å². The molecule has 1 aromatic carbocycles. The molecule has 1 heterocycles. The maximum absolute atomic E-state index is 6.08. The van der Waals surface area contributed by atoms with E-state index in [0.29, 0.717) is 11.6 Å². The molecule has 2 rings (SSSR count). The molecule has 0 saturated heterocycles. The van der Waals surface area contributed by atoms with Gasteiger partial charge >= 0.3 is 0 Å². The van der Waals surface area contributed by atoms with E-state index in [1.54, 1.807) is 0 Å². The Morgan fingerprint density at radius 2 is 2.19 bits per heavy atom. The minimum atomic E-state index is 0.101. The fourth-order valence-electron chi connectivity index (χ4n) is 1.47. The highest BCUT2D eigenvalue weighted by Gasteiger charge is 2.02. The zero-order valence-electron chi connectivity index (χ0n) is 9.07. The molecule has 0 amide bonds. The summed E-state index contributed by atoms with van der Waals surface area (Å²) >= 11 is 6.08. The monoisotopic (exact) mass is 235 g/mol. The summed E-state index contributed by atoms with van der Waals surface area (Å²) < 4.78 is 0. The van der Waals surface area contributed by atoms with Gasteiger partial charge in [0.25, 0.3) is 0 Å². The Labute approximate surface area is 99.6 Å². The van der Waals surface area contributed by atoms with Crippen LogP contribution in [0.25, 0.3) is 10.9 Å². The summed E-state index contributed by atoms with van der Waals surface area (Å²) in [7, 11) is 0. The minimum absolute atomic E-state index is 0.101. The van der Waals surface area contributed by atoms with Gasteiger partial charge in [-0.1, -0.05) is 23.7 Å². The standard InChI is InChI=1S/C12H14ClN3/c1-8(14)7-15-11-6-5-9-3-2-4-10(13)12(9)16-11/h2-6,8H,7,14H2,1H3,(H,15,16). The van der Waals surface area contributed by atoms with Gasteiger partial charge in [-0.05, 0) is 25.1 Å². The number of aromatic nitrogens is 1. The molecule has 2 aromatic rings.